The maximum Gasteiger partial charge on any atom is 0.416 e. The van der Waals surface area contributed by atoms with Crippen molar-refractivity contribution in [3.63, 3.8) is 0 Å². The first-order valence-electron chi connectivity index (χ1n) is 6.34. The zero-order chi connectivity index (χ0) is 14.9. The highest BCUT2D eigenvalue weighted by Crippen LogP contribution is 2.33. The number of nitrogens with zero attached hydrogens (tertiary/aromatic N) is 2. The fraction of sp³-hybridized carbons (Fsp3) is 0.615. The van der Waals surface area contributed by atoms with E-state index in [1.165, 1.54) is 0 Å². The fourth-order valence-corrected chi connectivity index (χ4v) is 2.56. The number of ether oxygens (including phenoxy) is 1. The van der Waals surface area contributed by atoms with Gasteiger partial charge in [-0.2, -0.15) is 13.2 Å². The maximum absolute atomic E-state index is 12.8. The van der Waals surface area contributed by atoms with Gasteiger partial charge in [0, 0.05) is 20.2 Å². The van der Waals surface area contributed by atoms with Crippen LogP contribution in [0.25, 0.3) is 0 Å². The average Bonchev–Trinajstić information content (AvgIpc) is 2.37. The Hall–Kier alpha value is -1.01. The lowest BCUT2D eigenvalue weighted by molar-refractivity contribution is -0.137. The normalized spacial score (nSPS) is 24.0. The number of methoxy groups -OCH3 is 1. The van der Waals surface area contributed by atoms with E-state index in [2.05, 4.69) is 11.9 Å². The number of rotatable bonds is 2. The van der Waals surface area contributed by atoms with Gasteiger partial charge >= 0.3 is 6.18 Å². The zero-order valence-corrected chi connectivity index (χ0v) is 12.0. The van der Waals surface area contributed by atoms with Crippen LogP contribution in [0.15, 0.2) is 12.1 Å². The Balaban J connectivity index is 2.27. The largest absolute Gasteiger partial charge is 0.416 e. The van der Waals surface area contributed by atoms with E-state index in [4.69, 9.17) is 16.3 Å². The van der Waals surface area contributed by atoms with Crippen LogP contribution in [0.5, 0.6) is 0 Å². The minimum absolute atomic E-state index is 0.0149. The third-order valence-corrected chi connectivity index (χ3v) is 3.82. The number of hydrogen-bond donors (Lipinski definition) is 0. The molecule has 1 aliphatic rings. The summed E-state index contributed by atoms with van der Waals surface area (Å²) in [6, 6.07) is 1.88. The summed E-state index contributed by atoms with van der Waals surface area (Å²) in [4.78, 5) is 5.79. The van der Waals surface area contributed by atoms with E-state index >= 15 is 0 Å². The van der Waals surface area contributed by atoms with Crippen molar-refractivity contribution in [2.24, 2.45) is 5.92 Å². The summed E-state index contributed by atoms with van der Waals surface area (Å²) in [7, 11) is 1.61. The van der Waals surface area contributed by atoms with Crippen molar-refractivity contribution in [1.29, 1.82) is 0 Å². The highest BCUT2D eigenvalue weighted by atomic mass is 35.5. The van der Waals surface area contributed by atoms with Gasteiger partial charge in [0.25, 0.3) is 0 Å². The van der Waals surface area contributed by atoms with Gasteiger partial charge in [-0.05, 0) is 24.5 Å². The molecule has 2 unspecified atom stereocenters. The van der Waals surface area contributed by atoms with Crippen LogP contribution >= 0.6 is 11.6 Å². The molecule has 0 aromatic carbocycles. The second-order valence-electron chi connectivity index (χ2n) is 5.02. The fourth-order valence-electron chi connectivity index (χ4n) is 2.36. The van der Waals surface area contributed by atoms with Gasteiger partial charge in [0.15, 0.2) is 0 Å². The maximum atomic E-state index is 12.8. The first-order valence-corrected chi connectivity index (χ1v) is 6.71. The molecular weight excluding hydrogens is 293 g/mol. The van der Waals surface area contributed by atoms with Crippen LogP contribution in [-0.2, 0) is 10.9 Å². The Morgan fingerprint density at radius 1 is 1.40 bits per heavy atom. The van der Waals surface area contributed by atoms with E-state index in [1.807, 2.05) is 0 Å². The van der Waals surface area contributed by atoms with Crippen molar-refractivity contribution in [2.45, 2.75) is 25.6 Å². The minimum atomic E-state index is -4.43. The van der Waals surface area contributed by atoms with Crippen LogP contribution in [0.4, 0.5) is 19.0 Å². The molecule has 0 spiro atoms. The third kappa shape index (κ3) is 3.35. The molecule has 20 heavy (non-hydrogen) atoms. The van der Waals surface area contributed by atoms with Crippen molar-refractivity contribution in [3.05, 3.63) is 22.8 Å². The number of alkyl halides is 3. The van der Waals surface area contributed by atoms with Crippen molar-refractivity contribution < 1.29 is 17.9 Å². The van der Waals surface area contributed by atoms with Crippen molar-refractivity contribution >= 4 is 17.4 Å². The Morgan fingerprint density at radius 2 is 2.10 bits per heavy atom. The molecule has 0 N–H and O–H groups in total. The molecule has 0 radical (unpaired) electrons. The summed E-state index contributed by atoms with van der Waals surface area (Å²) < 4.78 is 43.7. The number of anilines is 1. The molecule has 1 saturated heterocycles. The molecule has 2 rings (SSSR count). The summed E-state index contributed by atoms with van der Waals surface area (Å²) in [5, 5.41) is -0.151. The standard InChI is InChI=1S/C13H16ClF3N2O/c1-8-3-4-19(7-10(8)20-2)12-6-9(13(15,16)17)5-11(14)18-12/h5-6,8,10H,3-4,7H2,1-2H3. The number of hydrogen-bond acceptors (Lipinski definition) is 3. The molecule has 1 fully saturated rings. The van der Waals surface area contributed by atoms with Gasteiger partial charge in [0.1, 0.15) is 11.0 Å². The third-order valence-electron chi connectivity index (χ3n) is 3.62. The summed E-state index contributed by atoms with van der Waals surface area (Å²) >= 11 is 5.71. The van der Waals surface area contributed by atoms with Crippen molar-refractivity contribution in [1.82, 2.24) is 4.98 Å². The predicted octanol–water partition coefficient (Wildman–Crippen LogP) is 3.62. The topological polar surface area (TPSA) is 25.4 Å². The lowest BCUT2D eigenvalue weighted by Gasteiger charge is -2.37. The lowest BCUT2D eigenvalue weighted by Crippen LogP contribution is -2.44. The molecule has 0 bridgehead atoms. The molecule has 0 saturated carbocycles. The quantitative estimate of drug-likeness (QED) is 0.780. The SMILES string of the molecule is COC1CN(c2cc(C(F)(F)F)cc(Cl)n2)CCC1C. The van der Waals surface area contributed by atoms with E-state index < -0.39 is 11.7 Å². The van der Waals surface area contributed by atoms with E-state index in [0.717, 1.165) is 18.6 Å². The Kier molecular flexibility index (Phi) is 4.44. The van der Waals surface area contributed by atoms with E-state index in [0.29, 0.717) is 19.0 Å². The molecule has 3 nitrogen and oxygen atoms in total. The lowest BCUT2D eigenvalue weighted by atomic mass is 9.96. The van der Waals surface area contributed by atoms with Crippen LogP contribution in [0, 0.1) is 5.92 Å². The highest BCUT2D eigenvalue weighted by Gasteiger charge is 2.33. The molecular formula is C13H16ClF3N2O. The second kappa shape index (κ2) is 5.77. The molecule has 1 aromatic heterocycles. The van der Waals surface area contributed by atoms with Gasteiger partial charge in [0.05, 0.1) is 11.7 Å². The summed E-state index contributed by atoms with van der Waals surface area (Å²) in [6.45, 7) is 3.23. The molecule has 2 atom stereocenters. The molecule has 0 amide bonds. The van der Waals surface area contributed by atoms with Crippen molar-refractivity contribution in [2.75, 3.05) is 25.1 Å². The van der Waals surface area contributed by atoms with Gasteiger partial charge in [-0.1, -0.05) is 18.5 Å². The summed E-state index contributed by atoms with van der Waals surface area (Å²) in [5.41, 5.74) is -0.778. The molecule has 0 aliphatic carbocycles. The predicted molar refractivity (Wildman–Crippen MR) is 71.0 cm³/mol. The number of pyridine rings is 1. The van der Waals surface area contributed by atoms with E-state index in [1.54, 1.807) is 12.0 Å². The monoisotopic (exact) mass is 308 g/mol. The Bertz CT molecular complexity index is 481. The molecule has 2 heterocycles. The average molecular weight is 309 g/mol. The molecule has 7 heteroatoms. The number of aromatic nitrogens is 1. The van der Waals surface area contributed by atoms with Gasteiger partial charge < -0.3 is 9.64 Å². The van der Waals surface area contributed by atoms with E-state index in [9.17, 15) is 13.2 Å². The van der Waals surface area contributed by atoms with Crippen LogP contribution in [0.3, 0.4) is 0 Å². The van der Waals surface area contributed by atoms with Crippen LogP contribution < -0.4 is 4.90 Å². The van der Waals surface area contributed by atoms with Gasteiger partial charge in [0.2, 0.25) is 0 Å². The summed E-state index contributed by atoms with van der Waals surface area (Å²) in [5.74, 6) is 0.622. The van der Waals surface area contributed by atoms with Crippen LogP contribution in [0.2, 0.25) is 5.15 Å². The Labute approximate surface area is 120 Å². The van der Waals surface area contributed by atoms with Gasteiger partial charge in [-0.15, -0.1) is 0 Å². The molecule has 112 valence electrons. The molecule has 1 aliphatic heterocycles. The van der Waals surface area contributed by atoms with Crippen molar-refractivity contribution in [3.8, 4) is 0 Å². The van der Waals surface area contributed by atoms with Gasteiger partial charge in [-0.3, -0.25) is 0 Å². The van der Waals surface area contributed by atoms with E-state index in [-0.39, 0.29) is 17.1 Å². The Morgan fingerprint density at radius 3 is 2.70 bits per heavy atom. The first-order chi connectivity index (χ1) is 9.31. The highest BCUT2D eigenvalue weighted by molar-refractivity contribution is 6.29. The van der Waals surface area contributed by atoms with Crippen LogP contribution in [0.1, 0.15) is 18.9 Å². The van der Waals surface area contributed by atoms with Gasteiger partial charge in [-0.25, -0.2) is 4.98 Å². The smallest absolute Gasteiger partial charge is 0.379 e. The number of piperidine rings is 1. The number of halogens is 4. The second-order valence-corrected chi connectivity index (χ2v) is 5.41. The minimum Gasteiger partial charge on any atom is -0.379 e. The zero-order valence-electron chi connectivity index (χ0n) is 11.2. The first kappa shape index (κ1) is 15.4. The van der Waals surface area contributed by atoms with Crippen LogP contribution in [-0.4, -0.2) is 31.3 Å². The summed E-state index contributed by atoms with van der Waals surface area (Å²) in [6.07, 6.45) is -3.60. The molecule has 1 aromatic rings.